The second kappa shape index (κ2) is 5.92. The van der Waals surface area contributed by atoms with Crippen LogP contribution in [0.5, 0.6) is 0 Å². The van der Waals surface area contributed by atoms with Gasteiger partial charge >= 0.3 is 6.18 Å². The van der Waals surface area contributed by atoms with Crippen molar-refractivity contribution in [2.45, 2.75) is 25.4 Å². The van der Waals surface area contributed by atoms with E-state index in [1.165, 1.54) is 6.07 Å². The summed E-state index contributed by atoms with van der Waals surface area (Å²) in [5.74, 6) is -0.674. The third kappa shape index (κ3) is 9.49. The third-order valence-electron chi connectivity index (χ3n) is 1.46. The maximum Gasteiger partial charge on any atom is 0.389 e. The number of sulfonamides is 1. The summed E-state index contributed by atoms with van der Waals surface area (Å²) >= 11 is 0. The average Bonchev–Trinajstić information content (AvgIpc) is 2.00. The lowest BCUT2D eigenvalue weighted by Crippen LogP contribution is -2.26. The lowest BCUT2D eigenvalue weighted by atomic mass is 10.2. The Morgan fingerprint density at radius 1 is 1.27 bits per heavy atom. The Bertz CT molecular complexity index is 318. The summed E-state index contributed by atoms with van der Waals surface area (Å²) in [6, 6.07) is 1.44. The highest BCUT2D eigenvalue weighted by Crippen LogP contribution is 2.21. The van der Waals surface area contributed by atoms with Crippen molar-refractivity contribution in [1.82, 2.24) is 4.72 Å². The molecule has 0 aliphatic carbocycles. The van der Waals surface area contributed by atoms with Crippen LogP contribution in [0.4, 0.5) is 13.2 Å². The number of hydrogen-bond donors (Lipinski definition) is 1. The molecule has 0 saturated heterocycles. The van der Waals surface area contributed by atoms with Crippen molar-refractivity contribution in [3.05, 3.63) is 0 Å². The standard InChI is InChI=1S/C7H11F3N2O2S/c8-7(9,10)3-1-2-5-12-15(13,14)6-4-11/h12H,1-3,5-6H2. The first-order chi connectivity index (χ1) is 6.77. The number of nitriles is 1. The van der Waals surface area contributed by atoms with E-state index in [4.69, 9.17) is 5.26 Å². The summed E-state index contributed by atoms with van der Waals surface area (Å²) in [7, 11) is -3.64. The molecule has 0 aliphatic heterocycles. The fraction of sp³-hybridized carbons (Fsp3) is 0.857. The van der Waals surface area contributed by atoms with Gasteiger partial charge in [0.15, 0.2) is 5.75 Å². The van der Waals surface area contributed by atoms with Gasteiger partial charge in [0.2, 0.25) is 10.0 Å². The molecule has 0 aromatic heterocycles. The number of halogens is 3. The molecule has 0 radical (unpaired) electrons. The number of alkyl halides is 3. The van der Waals surface area contributed by atoms with Crippen LogP contribution in [0.25, 0.3) is 0 Å². The largest absolute Gasteiger partial charge is 0.389 e. The fourth-order valence-electron chi connectivity index (χ4n) is 0.814. The van der Waals surface area contributed by atoms with Crippen LogP contribution in [0.2, 0.25) is 0 Å². The van der Waals surface area contributed by atoms with E-state index in [0.29, 0.717) is 0 Å². The molecule has 15 heavy (non-hydrogen) atoms. The van der Waals surface area contributed by atoms with E-state index in [1.54, 1.807) is 0 Å². The average molecular weight is 244 g/mol. The van der Waals surface area contributed by atoms with Gasteiger partial charge in [0.05, 0.1) is 6.07 Å². The smallest absolute Gasteiger partial charge is 0.214 e. The summed E-state index contributed by atoms with van der Waals surface area (Å²) in [5, 5.41) is 8.09. The van der Waals surface area contributed by atoms with Crippen LogP contribution in [0.15, 0.2) is 0 Å². The van der Waals surface area contributed by atoms with Crippen molar-refractivity contribution in [3.8, 4) is 6.07 Å². The summed E-state index contributed by atoms with van der Waals surface area (Å²) < 4.78 is 58.7. The molecular formula is C7H11F3N2O2S. The molecule has 0 heterocycles. The molecule has 0 unspecified atom stereocenters. The molecule has 88 valence electrons. The van der Waals surface area contributed by atoms with Gasteiger partial charge in [-0.3, -0.25) is 0 Å². The molecule has 8 heteroatoms. The van der Waals surface area contributed by atoms with E-state index >= 15 is 0 Å². The van der Waals surface area contributed by atoms with Crippen LogP contribution < -0.4 is 4.72 Å². The van der Waals surface area contributed by atoms with Gasteiger partial charge in [-0.1, -0.05) is 0 Å². The van der Waals surface area contributed by atoms with E-state index in [2.05, 4.69) is 0 Å². The maximum atomic E-state index is 11.7. The Hall–Kier alpha value is -0.810. The minimum atomic E-state index is -4.20. The van der Waals surface area contributed by atoms with Gasteiger partial charge < -0.3 is 0 Å². The normalized spacial score (nSPS) is 12.4. The summed E-state index contributed by atoms with van der Waals surface area (Å²) in [5.41, 5.74) is 0. The van der Waals surface area contributed by atoms with Crippen LogP contribution >= 0.6 is 0 Å². The fourth-order valence-corrected chi connectivity index (χ4v) is 1.54. The SMILES string of the molecule is N#CCS(=O)(=O)NCCCCC(F)(F)F. The predicted octanol–water partition coefficient (Wildman–Crippen LogP) is 1.16. The Kier molecular flexibility index (Phi) is 5.60. The van der Waals surface area contributed by atoms with Crippen LogP contribution in [-0.2, 0) is 10.0 Å². The molecule has 0 rings (SSSR count). The monoisotopic (exact) mass is 244 g/mol. The van der Waals surface area contributed by atoms with Crippen molar-refractivity contribution in [3.63, 3.8) is 0 Å². The lowest BCUT2D eigenvalue weighted by Gasteiger charge is -2.06. The van der Waals surface area contributed by atoms with E-state index in [0.717, 1.165) is 0 Å². The molecule has 0 atom stereocenters. The summed E-state index contributed by atoms with van der Waals surface area (Å²) in [6.07, 6.45) is -5.15. The number of unbranched alkanes of at least 4 members (excludes halogenated alkanes) is 1. The van der Waals surface area contributed by atoms with E-state index < -0.39 is 28.4 Å². The van der Waals surface area contributed by atoms with Crippen molar-refractivity contribution >= 4 is 10.0 Å². The van der Waals surface area contributed by atoms with Gasteiger partial charge in [-0.25, -0.2) is 13.1 Å². The number of rotatable bonds is 6. The zero-order chi connectivity index (χ0) is 11.9. The van der Waals surface area contributed by atoms with Crippen LogP contribution in [0.1, 0.15) is 19.3 Å². The number of nitrogens with one attached hydrogen (secondary N) is 1. The molecule has 0 aromatic carbocycles. The van der Waals surface area contributed by atoms with Crippen molar-refractivity contribution in [2.75, 3.05) is 12.3 Å². The quantitative estimate of drug-likeness (QED) is 0.713. The van der Waals surface area contributed by atoms with Gasteiger partial charge in [-0.05, 0) is 12.8 Å². The van der Waals surface area contributed by atoms with Crippen molar-refractivity contribution in [2.24, 2.45) is 0 Å². The highest BCUT2D eigenvalue weighted by atomic mass is 32.2. The summed E-state index contributed by atoms with van der Waals surface area (Å²) in [6.45, 7) is -0.0694. The van der Waals surface area contributed by atoms with E-state index in [-0.39, 0.29) is 19.4 Å². The van der Waals surface area contributed by atoms with Crippen LogP contribution in [0, 0.1) is 11.3 Å². The van der Waals surface area contributed by atoms with Crippen molar-refractivity contribution < 1.29 is 21.6 Å². The van der Waals surface area contributed by atoms with Gasteiger partial charge in [0, 0.05) is 13.0 Å². The van der Waals surface area contributed by atoms with E-state index in [1.807, 2.05) is 4.72 Å². The zero-order valence-electron chi connectivity index (χ0n) is 7.84. The Morgan fingerprint density at radius 2 is 1.87 bits per heavy atom. The molecule has 4 nitrogen and oxygen atoms in total. The first-order valence-electron chi connectivity index (χ1n) is 4.18. The Balaban J connectivity index is 3.61. The minimum Gasteiger partial charge on any atom is -0.214 e. The highest BCUT2D eigenvalue weighted by Gasteiger charge is 2.25. The third-order valence-corrected chi connectivity index (χ3v) is 2.62. The second-order valence-electron chi connectivity index (χ2n) is 2.88. The molecule has 0 aromatic rings. The molecule has 0 fully saturated rings. The molecular weight excluding hydrogens is 233 g/mol. The molecule has 0 amide bonds. The maximum absolute atomic E-state index is 11.7. The molecule has 0 saturated carbocycles. The minimum absolute atomic E-state index is 0.0694. The van der Waals surface area contributed by atoms with Gasteiger partial charge in [-0.15, -0.1) is 0 Å². The van der Waals surface area contributed by atoms with Gasteiger partial charge in [0.1, 0.15) is 0 Å². The molecule has 0 aliphatic rings. The number of nitrogens with zero attached hydrogens (tertiary/aromatic N) is 1. The van der Waals surface area contributed by atoms with Crippen molar-refractivity contribution in [1.29, 1.82) is 5.26 Å². The zero-order valence-corrected chi connectivity index (χ0v) is 8.66. The molecule has 0 bridgehead atoms. The van der Waals surface area contributed by atoms with E-state index in [9.17, 15) is 21.6 Å². The van der Waals surface area contributed by atoms with Gasteiger partial charge in [0.25, 0.3) is 0 Å². The highest BCUT2D eigenvalue weighted by molar-refractivity contribution is 7.89. The molecule has 1 N–H and O–H groups in total. The number of hydrogen-bond acceptors (Lipinski definition) is 3. The molecule has 0 spiro atoms. The first-order valence-corrected chi connectivity index (χ1v) is 5.83. The van der Waals surface area contributed by atoms with Crippen LogP contribution in [-0.4, -0.2) is 26.9 Å². The van der Waals surface area contributed by atoms with Gasteiger partial charge in [-0.2, -0.15) is 18.4 Å². The Labute approximate surface area is 86.1 Å². The Morgan fingerprint density at radius 3 is 2.33 bits per heavy atom. The topological polar surface area (TPSA) is 70.0 Å². The predicted molar refractivity (Wildman–Crippen MR) is 47.3 cm³/mol. The lowest BCUT2D eigenvalue weighted by molar-refractivity contribution is -0.135. The first kappa shape index (κ1) is 14.2. The van der Waals surface area contributed by atoms with Crippen LogP contribution in [0.3, 0.4) is 0 Å². The summed E-state index contributed by atoms with van der Waals surface area (Å²) in [4.78, 5) is 0. The second-order valence-corrected chi connectivity index (χ2v) is 4.69.